The van der Waals surface area contributed by atoms with Crippen LogP contribution < -0.4 is 20.1 Å². The topological polar surface area (TPSA) is 76.9 Å². The number of nitrogens with one attached hydrogen (secondary N) is 2. The number of hydrogen-bond acceptors (Lipinski definition) is 4. The monoisotopic (exact) mass is 324 g/mol. The van der Waals surface area contributed by atoms with E-state index >= 15 is 0 Å². The van der Waals surface area contributed by atoms with Crippen LogP contribution in [0.25, 0.3) is 5.65 Å². The number of nitrogens with zero attached hydrogens (tertiary/aromatic N) is 2. The maximum Gasteiger partial charge on any atom is 0.315 e. The molecule has 0 unspecified atom stereocenters. The number of urea groups is 1. The van der Waals surface area contributed by atoms with Crippen molar-refractivity contribution in [2.45, 2.75) is 13.1 Å². The van der Waals surface area contributed by atoms with Crippen LogP contribution in [-0.4, -0.2) is 22.2 Å². The largest absolute Gasteiger partial charge is 0.454 e. The molecule has 4 rings (SSSR count). The van der Waals surface area contributed by atoms with E-state index in [1.807, 2.05) is 53.2 Å². The van der Waals surface area contributed by atoms with Crippen LogP contribution in [0.4, 0.5) is 4.79 Å². The zero-order valence-electron chi connectivity index (χ0n) is 12.9. The summed E-state index contributed by atoms with van der Waals surface area (Å²) in [6.45, 7) is 1.02. The molecule has 0 atom stereocenters. The standard InChI is InChI=1S/C17H16N4O3/c22-17(18-8-12-4-5-14-15(7-12)24-11-23-14)19-9-13-10-21-6-2-1-3-16(21)20-13/h1-7,10H,8-9,11H2,(H2,18,19,22). The van der Waals surface area contributed by atoms with Gasteiger partial charge in [0.05, 0.1) is 12.2 Å². The zero-order chi connectivity index (χ0) is 16.4. The third-order valence-electron chi connectivity index (χ3n) is 3.73. The summed E-state index contributed by atoms with van der Waals surface area (Å²) >= 11 is 0. The van der Waals surface area contributed by atoms with E-state index < -0.39 is 0 Å². The van der Waals surface area contributed by atoms with Crippen molar-refractivity contribution in [3.8, 4) is 11.5 Å². The van der Waals surface area contributed by atoms with Crippen molar-refractivity contribution in [3.63, 3.8) is 0 Å². The lowest BCUT2D eigenvalue weighted by atomic mass is 10.2. The Morgan fingerprint density at radius 3 is 2.92 bits per heavy atom. The molecule has 0 saturated carbocycles. The van der Waals surface area contributed by atoms with Gasteiger partial charge >= 0.3 is 6.03 Å². The first-order chi connectivity index (χ1) is 11.8. The zero-order valence-corrected chi connectivity index (χ0v) is 12.9. The number of ether oxygens (including phenoxy) is 2. The van der Waals surface area contributed by atoms with Crippen molar-refractivity contribution in [3.05, 3.63) is 60.0 Å². The van der Waals surface area contributed by atoms with Crippen LogP contribution in [0.5, 0.6) is 11.5 Å². The molecule has 0 fully saturated rings. The SMILES string of the molecule is O=C(NCc1ccc2c(c1)OCO2)NCc1cn2ccccc2n1. The van der Waals surface area contributed by atoms with Crippen LogP contribution in [0.2, 0.25) is 0 Å². The number of imidazole rings is 1. The Labute approximate surface area is 138 Å². The Hall–Kier alpha value is -3.22. The molecule has 7 nitrogen and oxygen atoms in total. The van der Waals surface area contributed by atoms with Crippen molar-refractivity contribution < 1.29 is 14.3 Å². The molecule has 24 heavy (non-hydrogen) atoms. The normalized spacial score (nSPS) is 12.3. The molecular weight excluding hydrogens is 308 g/mol. The number of pyridine rings is 1. The van der Waals surface area contributed by atoms with Crippen molar-refractivity contribution in [1.82, 2.24) is 20.0 Å². The van der Waals surface area contributed by atoms with Gasteiger partial charge in [0.15, 0.2) is 11.5 Å². The fourth-order valence-electron chi connectivity index (χ4n) is 2.54. The lowest BCUT2D eigenvalue weighted by molar-refractivity contribution is 0.174. The quantitative estimate of drug-likeness (QED) is 0.770. The van der Waals surface area contributed by atoms with Crippen LogP contribution >= 0.6 is 0 Å². The van der Waals surface area contributed by atoms with Crippen molar-refractivity contribution >= 4 is 11.7 Å². The fraction of sp³-hybridized carbons (Fsp3) is 0.176. The second kappa shape index (κ2) is 6.11. The first-order valence-electron chi connectivity index (χ1n) is 7.61. The van der Waals surface area contributed by atoms with Crippen LogP contribution in [-0.2, 0) is 13.1 Å². The van der Waals surface area contributed by atoms with Crippen LogP contribution in [0.1, 0.15) is 11.3 Å². The Morgan fingerprint density at radius 2 is 2.00 bits per heavy atom. The maximum atomic E-state index is 11.9. The minimum Gasteiger partial charge on any atom is -0.454 e. The smallest absolute Gasteiger partial charge is 0.315 e. The molecule has 0 aliphatic carbocycles. The van der Waals surface area contributed by atoms with Crippen LogP contribution in [0.3, 0.4) is 0 Å². The molecule has 7 heteroatoms. The number of benzene rings is 1. The number of carbonyl (C=O) groups is 1. The second-order valence-corrected chi connectivity index (χ2v) is 5.42. The highest BCUT2D eigenvalue weighted by molar-refractivity contribution is 5.73. The molecule has 1 aromatic carbocycles. The third-order valence-corrected chi connectivity index (χ3v) is 3.73. The summed E-state index contributed by atoms with van der Waals surface area (Å²) in [7, 11) is 0. The van der Waals surface area contributed by atoms with Gasteiger partial charge in [-0.15, -0.1) is 0 Å². The maximum absolute atomic E-state index is 11.9. The first-order valence-corrected chi connectivity index (χ1v) is 7.61. The van der Waals surface area contributed by atoms with E-state index in [-0.39, 0.29) is 12.8 Å². The van der Waals surface area contributed by atoms with Gasteiger partial charge in [-0.1, -0.05) is 12.1 Å². The summed E-state index contributed by atoms with van der Waals surface area (Å²) in [5.41, 5.74) is 2.61. The molecule has 0 saturated heterocycles. The lowest BCUT2D eigenvalue weighted by Gasteiger charge is -2.07. The molecule has 1 aliphatic heterocycles. The predicted molar refractivity (Wildman–Crippen MR) is 86.8 cm³/mol. The summed E-state index contributed by atoms with van der Waals surface area (Å²) in [4.78, 5) is 16.4. The van der Waals surface area contributed by atoms with Crippen LogP contribution in [0, 0.1) is 0 Å². The Morgan fingerprint density at radius 1 is 1.12 bits per heavy atom. The van der Waals surface area contributed by atoms with Gasteiger partial charge < -0.3 is 24.5 Å². The Bertz CT molecular complexity index is 857. The molecule has 0 radical (unpaired) electrons. The summed E-state index contributed by atoms with van der Waals surface area (Å²) in [5.74, 6) is 1.44. The van der Waals surface area contributed by atoms with E-state index in [2.05, 4.69) is 15.6 Å². The lowest BCUT2D eigenvalue weighted by Crippen LogP contribution is -2.34. The Balaban J connectivity index is 1.30. The number of aromatic nitrogens is 2. The van der Waals surface area contributed by atoms with E-state index in [9.17, 15) is 4.79 Å². The van der Waals surface area contributed by atoms with Gasteiger partial charge in [0.25, 0.3) is 0 Å². The van der Waals surface area contributed by atoms with Gasteiger partial charge in [0.2, 0.25) is 6.79 Å². The van der Waals surface area contributed by atoms with Crippen molar-refractivity contribution in [2.24, 2.45) is 0 Å². The molecule has 3 heterocycles. The number of carbonyl (C=O) groups excluding carboxylic acids is 1. The average molecular weight is 324 g/mol. The molecule has 3 aromatic rings. The molecule has 2 N–H and O–H groups in total. The highest BCUT2D eigenvalue weighted by atomic mass is 16.7. The van der Waals surface area contributed by atoms with E-state index in [1.165, 1.54) is 0 Å². The molecular formula is C17H16N4O3. The number of fused-ring (bicyclic) bond motifs is 2. The van der Waals surface area contributed by atoms with E-state index in [0.29, 0.717) is 18.8 Å². The van der Waals surface area contributed by atoms with Gasteiger partial charge in [0, 0.05) is 18.9 Å². The van der Waals surface area contributed by atoms with Crippen molar-refractivity contribution in [1.29, 1.82) is 0 Å². The van der Waals surface area contributed by atoms with E-state index in [0.717, 1.165) is 22.7 Å². The van der Waals surface area contributed by atoms with Gasteiger partial charge in [-0.05, 0) is 29.8 Å². The van der Waals surface area contributed by atoms with Crippen LogP contribution in [0.15, 0.2) is 48.8 Å². The summed E-state index contributed by atoms with van der Waals surface area (Å²) < 4.78 is 12.5. The number of hydrogen-bond donors (Lipinski definition) is 2. The molecule has 2 amide bonds. The predicted octanol–water partition coefficient (Wildman–Crippen LogP) is 2.06. The van der Waals surface area contributed by atoms with Gasteiger partial charge in [-0.3, -0.25) is 0 Å². The molecule has 0 bridgehead atoms. The molecule has 2 aromatic heterocycles. The summed E-state index contributed by atoms with van der Waals surface area (Å²) in [5, 5.41) is 5.61. The van der Waals surface area contributed by atoms with Gasteiger partial charge in [-0.2, -0.15) is 0 Å². The molecule has 1 aliphatic rings. The minimum atomic E-state index is -0.246. The molecule has 0 spiro atoms. The second-order valence-electron chi connectivity index (χ2n) is 5.42. The van der Waals surface area contributed by atoms with Gasteiger partial charge in [-0.25, -0.2) is 9.78 Å². The summed E-state index contributed by atoms with van der Waals surface area (Å²) in [6, 6.07) is 11.1. The number of rotatable bonds is 4. The average Bonchev–Trinajstić information content (AvgIpc) is 3.23. The highest BCUT2D eigenvalue weighted by Gasteiger charge is 2.13. The molecule has 122 valence electrons. The Kier molecular flexibility index (Phi) is 3.66. The summed E-state index contributed by atoms with van der Waals surface area (Å²) in [6.07, 6.45) is 3.82. The van der Waals surface area contributed by atoms with E-state index in [4.69, 9.17) is 9.47 Å². The van der Waals surface area contributed by atoms with Gasteiger partial charge in [0.1, 0.15) is 5.65 Å². The first kappa shape index (κ1) is 14.4. The minimum absolute atomic E-state index is 0.242. The third kappa shape index (κ3) is 2.96. The van der Waals surface area contributed by atoms with E-state index in [1.54, 1.807) is 0 Å². The fourth-order valence-corrected chi connectivity index (χ4v) is 2.54. The number of amides is 2. The van der Waals surface area contributed by atoms with Crippen molar-refractivity contribution in [2.75, 3.05) is 6.79 Å². The highest BCUT2D eigenvalue weighted by Crippen LogP contribution is 2.32.